The van der Waals surface area contributed by atoms with Gasteiger partial charge in [-0.1, -0.05) is 6.92 Å². The Morgan fingerprint density at radius 1 is 1.24 bits per heavy atom. The van der Waals surface area contributed by atoms with Crippen LogP contribution in [0.25, 0.3) is 0 Å². The summed E-state index contributed by atoms with van der Waals surface area (Å²) in [5, 5.41) is 3.76. The molecule has 7 heteroatoms. The molecule has 21 heavy (non-hydrogen) atoms. The van der Waals surface area contributed by atoms with E-state index < -0.39 is 11.9 Å². The van der Waals surface area contributed by atoms with Gasteiger partial charge in [0.15, 0.2) is 0 Å². The summed E-state index contributed by atoms with van der Waals surface area (Å²) in [6, 6.07) is 0.538. The standard InChI is InChI=1S/C14H23F3N4/c1-4-11(2)21-7-5-20(6-8-21)10-12-9-18-19(3)13(12)14(15,16)17/h9,11H,4-8,10H2,1-3H3. The van der Waals surface area contributed by atoms with E-state index >= 15 is 0 Å². The summed E-state index contributed by atoms with van der Waals surface area (Å²) >= 11 is 0. The first-order chi connectivity index (χ1) is 9.82. The van der Waals surface area contributed by atoms with Gasteiger partial charge in [0, 0.05) is 51.4 Å². The molecule has 2 rings (SSSR count). The molecule has 0 aliphatic carbocycles. The third kappa shape index (κ3) is 3.77. The average molecular weight is 304 g/mol. The molecule has 0 amide bonds. The summed E-state index contributed by atoms with van der Waals surface area (Å²) in [5.41, 5.74) is -0.367. The molecule has 1 aliphatic rings. The monoisotopic (exact) mass is 304 g/mol. The van der Waals surface area contributed by atoms with Gasteiger partial charge in [-0.25, -0.2) is 0 Å². The zero-order valence-electron chi connectivity index (χ0n) is 12.8. The molecule has 0 N–H and O–H groups in total. The molecule has 1 aliphatic heterocycles. The van der Waals surface area contributed by atoms with Crippen LogP contribution < -0.4 is 0 Å². The highest BCUT2D eigenvalue weighted by Crippen LogP contribution is 2.32. The number of rotatable bonds is 4. The predicted octanol–water partition coefficient (Wildman–Crippen LogP) is 2.36. The number of aromatic nitrogens is 2. The van der Waals surface area contributed by atoms with Crippen LogP contribution in [-0.2, 0) is 19.8 Å². The van der Waals surface area contributed by atoms with Crippen LogP contribution in [-0.4, -0.2) is 51.8 Å². The van der Waals surface area contributed by atoms with Crippen LogP contribution in [0.3, 0.4) is 0 Å². The first kappa shape index (κ1) is 16.3. The summed E-state index contributed by atoms with van der Waals surface area (Å²) in [5.74, 6) is 0. The molecule has 2 heterocycles. The largest absolute Gasteiger partial charge is 0.433 e. The van der Waals surface area contributed by atoms with E-state index in [1.807, 2.05) is 0 Å². The fraction of sp³-hybridized carbons (Fsp3) is 0.786. The van der Waals surface area contributed by atoms with Crippen LogP contribution >= 0.6 is 0 Å². The van der Waals surface area contributed by atoms with Gasteiger partial charge in [0.25, 0.3) is 0 Å². The summed E-state index contributed by atoms with van der Waals surface area (Å²) in [4.78, 5) is 4.47. The zero-order chi connectivity index (χ0) is 15.6. The van der Waals surface area contributed by atoms with E-state index in [4.69, 9.17) is 0 Å². The van der Waals surface area contributed by atoms with Crippen molar-refractivity contribution in [2.75, 3.05) is 26.2 Å². The first-order valence-electron chi connectivity index (χ1n) is 7.37. The normalized spacial score (nSPS) is 19.9. The van der Waals surface area contributed by atoms with E-state index in [1.54, 1.807) is 0 Å². The van der Waals surface area contributed by atoms with Crippen molar-refractivity contribution >= 4 is 0 Å². The molecule has 1 fully saturated rings. The van der Waals surface area contributed by atoms with Gasteiger partial charge in [0.2, 0.25) is 0 Å². The Morgan fingerprint density at radius 2 is 1.86 bits per heavy atom. The van der Waals surface area contributed by atoms with Crippen molar-refractivity contribution < 1.29 is 13.2 Å². The molecular formula is C14H23F3N4. The zero-order valence-corrected chi connectivity index (χ0v) is 12.8. The van der Waals surface area contributed by atoms with Crippen molar-refractivity contribution in [1.82, 2.24) is 19.6 Å². The maximum Gasteiger partial charge on any atom is 0.433 e. The molecule has 0 saturated carbocycles. The number of piperazine rings is 1. The highest BCUT2D eigenvalue weighted by atomic mass is 19.4. The van der Waals surface area contributed by atoms with E-state index in [1.165, 1.54) is 13.2 Å². The predicted molar refractivity (Wildman–Crippen MR) is 74.8 cm³/mol. The average Bonchev–Trinajstić information content (AvgIpc) is 2.79. The second-order valence-electron chi connectivity index (χ2n) is 5.71. The van der Waals surface area contributed by atoms with E-state index in [9.17, 15) is 13.2 Å². The molecule has 120 valence electrons. The van der Waals surface area contributed by atoms with Gasteiger partial charge in [-0.05, 0) is 13.3 Å². The van der Waals surface area contributed by atoms with Crippen LogP contribution in [0.5, 0.6) is 0 Å². The van der Waals surface area contributed by atoms with Crippen molar-refractivity contribution in [3.63, 3.8) is 0 Å². The van der Waals surface area contributed by atoms with Crippen molar-refractivity contribution in [2.45, 2.75) is 39.0 Å². The first-order valence-corrected chi connectivity index (χ1v) is 7.37. The molecule has 0 aromatic carbocycles. The number of halogens is 3. The quantitative estimate of drug-likeness (QED) is 0.853. The lowest BCUT2D eigenvalue weighted by atomic mass is 10.1. The van der Waals surface area contributed by atoms with Gasteiger partial charge in [-0.3, -0.25) is 14.5 Å². The third-order valence-electron chi connectivity index (χ3n) is 4.30. The fourth-order valence-electron chi connectivity index (χ4n) is 2.83. The lowest BCUT2D eigenvalue weighted by molar-refractivity contribution is -0.144. The molecule has 1 atom stereocenters. The van der Waals surface area contributed by atoms with Gasteiger partial charge in [-0.2, -0.15) is 18.3 Å². The van der Waals surface area contributed by atoms with Gasteiger partial charge >= 0.3 is 6.18 Å². The summed E-state index contributed by atoms with van der Waals surface area (Å²) in [7, 11) is 1.34. The maximum atomic E-state index is 13.0. The second-order valence-corrected chi connectivity index (χ2v) is 5.71. The van der Waals surface area contributed by atoms with Crippen LogP contribution in [0.15, 0.2) is 6.20 Å². The summed E-state index contributed by atoms with van der Waals surface area (Å²) in [6.45, 7) is 8.10. The summed E-state index contributed by atoms with van der Waals surface area (Å²) in [6.07, 6.45) is -1.91. The highest BCUT2D eigenvalue weighted by Gasteiger charge is 2.37. The smallest absolute Gasteiger partial charge is 0.298 e. The molecule has 0 bridgehead atoms. The molecule has 1 saturated heterocycles. The maximum absolute atomic E-state index is 13.0. The number of aryl methyl sites for hydroxylation is 1. The lowest BCUT2D eigenvalue weighted by Gasteiger charge is -2.37. The molecule has 1 aromatic heterocycles. The molecule has 1 unspecified atom stereocenters. The summed E-state index contributed by atoms with van der Waals surface area (Å²) < 4.78 is 40.0. The number of hydrogen-bond acceptors (Lipinski definition) is 3. The Labute approximate surface area is 123 Å². The van der Waals surface area contributed by atoms with Crippen molar-refractivity contribution in [3.8, 4) is 0 Å². The minimum atomic E-state index is -4.35. The van der Waals surface area contributed by atoms with Gasteiger partial charge in [0.1, 0.15) is 5.69 Å². The highest BCUT2D eigenvalue weighted by molar-refractivity contribution is 5.20. The van der Waals surface area contributed by atoms with Gasteiger partial charge in [0.05, 0.1) is 6.20 Å². The van der Waals surface area contributed by atoms with Crippen LogP contribution in [0.4, 0.5) is 13.2 Å². The topological polar surface area (TPSA) is 24.3 Å². The van der Waals surface area contributed by atoms with E-state index in [0.717, 1.165) is 37.3 Å². The van der Waals surface area contributed by atoms with Crippen LogP contribution in [0.1, 0.15) is 31.5 Å². The van der Waals surface area contributed by atoms with Crippen molar-refractivity contribution in [3.05, 3.63) is 17.5 Å². The Bertz CT molecular complexity index is 461. The fourth-order valence-corrected chi connectivity index (χ4v) is 2.83. The Balaban J connectivity index is 1.99. The number of nitrogens with zero attached hydrogens (tertiary/aromatic N) is 4. The number of hydrogen-bond donors (Lipinski definition) is 0. The minimum absolute atomic E-state index is 0.266. The Morgan fingerprint density at radius 3 is 2.38 bits per heavy atom. The molecule has 4 nitrogen and oxygen atoms in total. The van der Waals surface area contributed by atoms with Crippen LogP contribution in [0, 0.1) is 0 Å². The molecule has 1 aromatic rings. The van der Waals surface area contributed by atoms with Gasteiger partial charge in [-0.15, -0.1) is 0 Å². The lowest BCUT2D eigenvalue weighted by Crippen LogP contribution is -2.49. The molecule has 0 radical (unpaired) electrons. The van der Waals surface area contributed by atoms with E-state index in [-0.39, 0.29) is 5.56 Å². The third-order valence-corrected chi connectivity index (χ3v) is 4.30. The molecule has 0 spiro atoms. The van der Waals surface area contributed by atoms with E-state index in [0.29, 0.717) is 12.6 Å². The van der Waals surface area contributed by atoms with E-state index in [2.05, 4.69) is 28.7 Å². The van der Waals surface area contributed by atoms with Crippen molar-refractivity contribution in [1.29, 1.82) is 0 Å². The number of alkyl halides is 3. The molecular weight excluding hydrogens is 281 g/mol. The van der Waals surface area contributed by atoms with Crippen LogP contribution in [0.2, 0.25) is 0 Å². The Kier molecular flexibility index (Phi) is 4.93. The second kappa shape index (κ2) is 6.36. The SMILES string of the molecule is CCC(C)N1CCN(Cc2cnn(C)c2C(F)(F)F)CC1. The Hall–Kier alpha value is -1.08. The van der Waals surface area contributed by atoms with Gasteiger partial charge < -0.3 is 0 Å². The minimum Gasteiger partial charge on any atom is -0.298 e. The van der Waals surface area contributed by atoms with Crippen molar-refractivity contribution in [2.24, 2.45) is 7.05 Å².